The van der Waals surface area contributed by atoms with E-state index in [-0.39, 0.29) is 23.9 Å². The van der Waals surface area contributed by atoms with Crippen molar-refractivity contribution in [2.45, 2.75) is 38.8 Å². The molecule has 5 nitrogen and oxygen atoms in total. The molecule has 118 valence electrons. The molecule has 0 spiro atoms. The van der Waals surface area contributed by atoms with Crippen LogP contribution in [0.2, 0.25) is 0 Å². The molecular formula is C13H18F3N3O2. The quantitative estimate of drug-likeness (QED) is 0.266. The first-order chi connectivity index (χ1) is 9.90. The number of oxime groups is 1. The van der Waals surface area contributed by atoms with Crippen molar-refractivity contribution in [3.05, 3.63) is 23.4 Å². The van der Waals surface area contributed by atoms with Gasteiger partial charge in [0.05, 0.1) is 12.2 Å². The van der Waals surface area contributed by atoms with E-state index in [1.165, 1.54) is 0 Å². The van der Waals surface area contributed by atoms with Gasteiger partial charge in [-0.2, -0.15) is 13.2 Å². The van der Waals surface area contributed by atoms with Gasteiger partial charge in [-0.25, -0.2) is 4.98 Å². The molecule has 0 fully saturated rings. The van der Waals surface area contributed by atoms with Crippen molar-refractivity contribution in [2.24, 2.45) is 10.9 Å². The number of hydrogen-bond donors (Lipinski definition) is 2. The van der Waals surface area contributed by atoms with Crippen LogP contribution in [0.5, 0.6) is 5.88 Å². The van der Waals surface area contributed by atoms with Crippen molar-refractivity contribution >= 4 is 5.84 Å². The van der Waals surface area contributed by atoms with E-state index >= 15 is 0 Å². The average Bonchev–Trinajstić information content (AvgIpc) is 2.45. The monoisotopic (exact) mass is 305 g/mol. The number of amidine groups is 1. The Morgan fingerprint density at radius 3 is 2.62 bits per heavy atom. The molecule has 0 saturated heterocycles. The fourth-order valence-electron chi connectivity index (χ4n) is 1.65. The number of alkyl halides is 3. The Labute approximate surface area is 120 Å². The number of halogens is 3. The molecule has 0 aliphatic rings. The smallest absolute Gasteiger partial charge is 0.433 e. The minimum atomic E-state index is -4.58. The van der Waals surface area contributed by atoms with E-state index in [1.807, 2.05) is 6.92 Å². The summed E-state index contributed by atoms with van der Waals surface area (Å²) in [6, 6.07) is 1.84. The number of nitrogens with two attached hydrogens (primary N) is 1. The first kappa shape index (κ1) is 17.1. The average molecular weight is 305 g/mol. The zero-order chi connectivity index (χ0) is 15.9. The van der Waals surface area contributed by atoms with E-state index in [9.17, 15) is 13.2 Å². The first-order valence-electron chi connectivity index (χ1n) is 6.59. The molecule has 0 radical (unpaired) electrons. The molecule has 1 aromatic rings. The maximum absolute atomic E-state index is 12.6. The van der Waals surface area contributed by atoms with Crippen LogP contribution in [-0.2, 0) is 6.18 Å². The summed E-state index contributed by atoms with van der Waals surface area (Å²) in [4.78, 5) is 3.41. The number of ether oxygens (including phenoxy) is 1. The van der Waals surface area contributed by atoms with Gasteiger partial charge in [-0.3, -0.25) is 0 Å². The fraction of sp³-hybridized carbons (Fsp3) is 0.538. The third kappa shape index (κ3) is 5.13. The molecule has 0 bridgehead atoms. The van der Waals surface area contributed by atoms with Crippen LogP contribution in [0.1, 0.15) is 43.9 Å². The van der Waals surface area contributed by atoms with Crippen LogP contribution in [0.15, 0.2) is 17.3 Å². The number of hydrogen-bond acceptors (Lipinski definition) is 4. The summed E-state index contributed by atoms with van der Waals surface area (Å²) >= 11 is 0. The van der Waals surface area contributed by atoms with E-state index in [0.29, 0.717) is 6.42 Å². The molecule has 3 N–H and O–H groups in total. The van der Waals surface area contributed by atoms with Gasteiger partial charge in [-0.1, -0.05) is 31.3 Å². The maximum atomic E-state index is 12.6. The number of unbranched alkanes of at least 4 members (excludes halogenated alkanes) is 3. The van der Waals surface area contributed by atoms with Gasteiger partial charge >= 0.3 is 6.18 Å². The summed E-state index contributed by atoms with van der Waals surface area (Å²) in [6.45, 7) is 2.27. The highest BCUT2D eigenvalue weighted by Gasteiger charge is 2.33. The third-order valence-corrected chi connectivity index (χ3v) is 2.77. The summed E-state index contributed by atoms with van der Waals surface area (Å²) in [5, 5.41) is 11.4. The first-order valence-corrected chi connectivity index (χ1v) is 6.59. The Hall–Kier alpha value is -1.99. The zero-order valence-corrected chi connectivity index (χ0v) is 11.7. The molecule has 0 aliphatic carbocycles. The lowest BCUT2D eigenvalue weighted by molar-refractivity contribution is -0.141. The second-order valence-electron chi connectivity index (χ2n) is 4.44. The molecule has 0 aliphatic heterocycles. The van der Waals surface area contributed by atoms with Crippen LogP contribution < -0.4 is 10.5 Å². The van der Waals surface area contributed by atoms with Gasteiger partial charge in [0.15, 0.2) is 5.84 Å². The lowest BCUT2D eigenvalue weighted by Gasteiger charge is -2.12. The van der Waals surface area contributed by atoms with Gasteiger partial charge in [-0.15, -0.1) is 0 Å². The van der Waals surface area contributed by atoms with Crippen LogP contribution in [0.3, 0.4) is 0 Å². The van der Waals surface area contributed by atoms with Crippen molar-refractivity contribution < 1.29 is 23.1 Å². The van der Waals surface area contributed by atoms with E-state index in [0.717, 1.165) is 31.4 Å². The predicted molar refractivity (Wildman–Crippen MR) is 71.4 cm³/mol. The lowest BCUT2D eigenvalue weighted by atomic mass is 10.2. The minimum Gasteiger partial charge on any atom is -0.477 e. The number of pyridine rings is 1. The Kier molecular flexibility index (Phi) is 6.26. The normalized spacial score (nSPS) is 12.5. The van der Waals surface area contributed by atoms with E-state index in [2.05, 4.69) is 10.1 Å². The van der Waals surface area contributed by atoms with Gasteiger partial charge in [0.25, 0.3) is 0 Å². The molecule has 8 heteroatoms. The summed E-state index contributed by atoms with van der Waals surface area (Å²) in [5.41, 5.74) is 4.35. The molecule has 0 saturated carbocycles. The van der Waals surface area contributed by atoms with Crippen LogP contribution in [0.4, 0.5) is 13.2 Å². The van der Waals surface area contributed by atoms with Gasteiger partial charge in [-0.05, 0) is 18.6 Å². The highest BCUT2D eigenvalue weighted by molar-refractivity contribution is 5.99. The molecule has 0 amide bonds. The Bertz CT molecular complexity index is 490. The molecule has 1 heterocycles. The second kappa shape index (κ2) is 7.70. The van der Waals surface area contributed by atoms with Crippen LogP contribution in [-0.4, -0.2) is 22.6 Å². The van der Waals surface area contributed by atoms with Crippen molar-refractivity contribution in [1.82, 2.24) is 4.98 Å². The maximum Gasteiger partial charge on any atom is 0.433 e. The molecule has 1 aromatic heterocycles. The van der Waals surface area contributed by atoms with Crippen molar-refractivity contribution in [3.8, 4) is 5.88 Å². The van der Waals surface area contributed by atoms with E-state index in [1.54, 1.807) is 0 Å². The fourth-order valence-corrected chi connectivity index (χ4v) is 1.65. The molecule has 21 heavy (non-hydrogen) atoms. The zero-order valence-electron chi connectivity index (χ0n) is 11.7. The minimum absolute atomic E-state index is 0.0287. The van der Waals surface area contributed by atoms with Crippen molar-refractivity contribution in [1.29, 1.82) is 0 Å². The topological polar surface area (TPSA) is 80.7 Å². The van der Waals surface area contributed by atoms with Gasteiger partial charge in [0.2, 0.25) is 5.88 Å². The molecule has 0 atom stereocenters. The van der Waals surface area contributed by atoms with E-state index in [4.69, 9.17) is 15.7 Å². The Morgan fingerprint density at radius 1 is 1.33 bits per heavy atom. The summed E-state index contributed by atoms with van der Waals surface area (Å²) < 4.78 is 43.2. The summed E-state index contributed by atoms with van der Waals surface area (Å²) in [7, 11) is 0. The predicted octanol–water partition coefficient (Wildman–Crippen LogP) is 3.15. The lowest BCUT2D eigenvalue weighted by Crippen LogP contribution is -2.18. The summed E-state index contributed by atoms with van der Waals surface area (Å²) in [6.07, 6.45) is -0.913. The molecule has 1 rings (SSSR count). The summed E-state index contributed by atoms with van der Waals surface area (Å²) in [5.74, 6) is -0.628. The third-order valence-electron chi connectivity index (χ3n) is 2.77. The molecular weight excluding hydrogens is 287 g/mol. The number of rotatable bonds is 7. The van der Waals surface area contributed by atoms with Crippen molar-refractivity contribution in [3.63, 3.8) is 0 Å². The Morgan fingerprint density at radius 2 is 2.05 bits per heavy atom. The van der Waals surface area contributed by atoms with Gasteiger partial charge in [0.1, 0.15) is 5.69 Å². The van der Waals surface area contributed by atoms with E-state index < -0.39 is 11.9 Å². The van der Waals surface area contributed by atoms with Crippen LogP contribution >= 0.6 is 0 Å². The number of nitrogens with zero attached hydrogens (tertiary/aromatic N) is 2. The van der Waals surface area contributed by atoms with Crippen LogP contribution in [0.25, 0.3) is 0 Å². The second-order valence-corrected chi connectivity index (χ2v) is 4.44. The molecule has 0 aromatic carbocycles. The Balaban J connectivity index is 2.90. The number of aromatic nitrogens is 1. The van der Waals surface area contributed by atoms with Gasteiger partial charge in [0, 0.05) is 0 Å². The van der Waals surface area contributed by atoms with Crippen molar-refractivity contribution in [2.75, 3.05) is 6.61 Å². The molecule has 0 unspecified atom stereocenters. The largest absolute Gasteiger partial charge is 0.477 e. The van der Waals surface area contributed by atoms with Crippen LogP contribution in [0, 0.1) is 0 Å². The highest BCUT2D eigenvalue weighted by atomic mass is 19.4. The highest BCUT2D eigenvalue weighted by Crippen LogP contribution is 2.30. The standard InChI is InChI=1S/C13H18F3N3O2/c1-2-3-4-5-8-21-12-9(11(17)19-20)6-7-10(18-12)13(14,15)16/h6-7,20H,2-5,8H2,1H3,(H2,17,19). The SMILES string of the molecule is CCCCCCOc1nc(C(F)(F)F)ccc1C(N)=NO. The van der Waals surface area contributed by atoms with Gasteiger partial charge < -0.3 is 15.7 Å².